The average Bonchev–Trinajstić information content (AvgIpc) is 2.54. The van der Waals surface area contributed by atoms with E-state index in [1.54, 1.807) is 18.0 Å². The van der Waals surface area contributed by atoms with Crippen LogP contribution in [-0.4, -0.2) is 23.8 Å². The molecule has 17 heavy (non-hydrogen) atoms. The van der Waals surface area contributed by atoms with Crippen LogP contribution >= 0.6 is 0 Å². The van der Waals surface area contributed by atoms with Crippen molar-refractivity contribution in [2.75, 3.05) is 7.05 Å². The monoisotopic (exact) mass is 231 g/mol. The Kier molecular flexibility index (Phi) is 2.02. The van der Waals surface area contributed by atoms with E-state index in [1.807, 2.05) is 18.2 Å². The molecule has 0 radical (unpaired) electrons. The zero-order valence-electron chi connectivity index (χ0n) is 9.60. The van der Waals surface area contributed by atoms with Crippen LogP contribution in [0.3, 0.4) is 0 Å². The van der Waals surface area contributed by atoms with Gasteiger partial charge in [-0.3, -0.25) is 14.5 Å². The summed E-state index contributed by atoms with van der Waals surface area (Å²) in [6, 6.07) is 7.35. The largest absolute Gasteiger partial charge is 0.434 e. The number of nitrogens with zero attached hydrogens (tertiary/aromatic N) is 1. The highest BCUT2D eigenvalue weighted by molar-refractivity contribution is 6.00. The Morgan fingerprint density at radius 2 is 2.06 bits per heavy atom. The lowest BCUT2D eigenvalue weighted by Crippen LogP contribution is -2.47. The molecule has 88 valence electrons. The van der Waals surface area contributed by atoms with Gasteiger partial charge in [0.05, 0.1) is 0 Å². The van der Waals surface area contributed by atoms with Gasteiger partial charge in [0.25, 0.3) is 5.91 Å². The van der Waals surface area contributed by atoms with Crippen molar-refractivity contribution in [2.24, 2.45) is 0 Å². The Bertz CT molecular complexity index is 511. The van der Waals surface area contributed by atoms with Crippen LogP contribution in [0.5, 0.6) is 0 Å². The van der Waals surface area contributed by atoms with Gasteiger partial charge in [-0.15, -0.1) is 0 Å². The van der Waals surface area contributed by atoms with Gasteiger partial charge >= 0.3 is 5.97 Å². The zero-order valence-corrected chi connectivity index (χ0v) is 9.60. The second kappa shape index (κ2) is 3.32. The molecule has 1 spiro atoms. The molecule has 2 aliphatic heterocycles. The van der Waals surface area contributed by atoms with E-state index in [-0.39, 0.29) is 11.9 Å². The quantitative estimate of drug-likeness (QED) is 0.638. The SMILES string of the molecule is CN1C(=O)c2ccccc2C12CCCC(=O)O2. The molecule has 0 N–H and O–H groups in total. The van der Waals surface area contributed by atoms with Gasteiger partial charge in [-0.1, -0.05) is 18.2 Å². The minimum Gasteiger partial charge on any atom is -0.434 e. The number of fused-ring (bicyclic) bond motifs is 2. The Labute approximate surface area is 99.2 Å². The molecule has 1 aromatic rings. The molecule has 0 aromatic heterocycles. The van der Waals surface area contributed by atoms with Gasteiger partial charge in [0.1, 0.15) is 0 Å². The van der Waals surface area contributed by atoms with E-state index in [9.17, 15) is 9.59 Å². The predicted molar refractivity (Wildman–Crippen MR) is 60.2 cm³/mol. The third-order valence-electron chi connectivity index (χ3n) is 3.60. The van der Waals surface area contributed by atoms with Crippen LogP contribution in [0.25, 0.3) is 0 Å². The number of benzene rings is 1. The van der Waals surface area contributed by atoms with Crippen LogP contribution in [0.2, 0.25) is 0 Å². The summed E-state index contributed by atoms with van der Waals surface area (Å²) in [5, 5.41) is 0. The van der Waals surface area contributed by atoms with Gasteiger partial charge in [0.2, 0.25) is 5.72 Å². The molecular weight excluding hydrogens is 218 g/mol. The Morgan fingerprint density at radius 1 is 1.29 bits per heavy atom. The number of ether oxygens (including phenoxy) is 1. The highest BCUT2D eigenvalue weighted by atomic mass is 16.6. The topological polar surface area (TPSA) is 46.6 Å². The fraction of sp³-hybridized carbons (Fsp3) is 0.385. The summed E-state index contributed by atoms with van der Waals surface area (Å²) in [5.74, 6) is -0.303. The summed E-state index contributed by atoms with van der Waals surface area (Å²) < 4.78 is 5.51. The first-order valence-electron chi connectivity index (χ1n) is 5.75. The summed E-state index contributed by atoms with van der Waals surface area (Å²) in [4.78, 5) is 25.2. The normalized spacial score (nSPS) is 27.2. The maximum absolute atomic E-state index is 12.1. The molecule has 1 unspecified atom stereocenters. The maximum atomic E-state index is 12.1. The molecule has 2 aliphatic rings. The first-order valence-corrected chi connectivity index (χ1v) is 5.75. The molecule has 4 heteroatoms. The van der Waals surface area contributed by atoms with E-state index in [1.165, 1.54) is 0 Å². The van der Waals surface area contributed by atoms with Gasteiger partial charge < -0.3 is 4.74 Å². The summed E-state index contributed by atoms with van der Waals surface area (Å²) in [6.07, 6.45) is 1.87. The van der Waals surface area contributed by atoms with Crippen molar-refractivity contribution >= 4 is 11.9 Å². The van der Waals surface area contributed by atoms with E-state index in [0.29, 0.717) is 18.4 Å². The molecule has 1 fully saturated rings. The second-order valence-electron chi connectivity index (χ2n) is 4.52. The molecule has 1 atom stereocenters. The van der Waals surface area contributed by atoms with Crippen LogP contribution in [0.15, 0.2) is 24.3 Å². The minimum absolute atomic E-state index is 0.0738. The lowest BCUT2D eigenvalue weighted by Gasteiger charge is -2.38. The fourth-order valence-corrected chi connectivity index (χ4v) is 2.72. The number of carbonyl (C=O) groups is 2. The first-order chi connectivity index (χ1) is 8.15. The smallest absolute Gasteiger partial charge is 0.308 e. The molecule has 4 nitrogen and oxygen atoms in total. The second-order valence-corrected chi connectivity index (χ2v) is 4.52. The molecule has 0 aliphatic carbocycles. The summed E-state index contributed by atoms with van der Waals surface area (Å²) in [7, 11) is 1.70. The lowest BCUT2D eigenvalue weighted by molar-refractivity contribution is -0.188. The van der Waals surface area contributed by atoms with Crippen LogP contribution in [0.4, 0.5) is 0 Å². The van der Waals surface area contributed by atoms with Crippen LogP contribution in [-0.2, 0) is 15.3 Å². The van der Waals surface area contributed by atoms with Crippen molar-refractivity contribution in [1.82, 2.24) is 4.90 Å². The Hall–Kier alpha value is -1.84. The molecule has 2 heterocycles. The van der Waals surface area contributed by atoms with Crippen LogP contribution in [0, 0.1) is 0 Å². The molecular formula is C13H13NO3. The van der Waals surface area contributed by atoms with Gasteiger partial charge in [-0.2, -0.15) is 0 Å². The highest BCUT2D eigenvalue weighted by Crippen LogP contribution is 2.44. The number of carbonyl (C=O) groups excluding carboxylic acids is 2. The van der Waals surface area contributed by atoms with Gasteiger partial charge in [0.15, 0.2) is 0 Å². The van der Waals surface area contributed by atoms with Crippen molar-refractivity contribution in [3.05, 3.63) is 35.4 Å². The van der Waals surface area contributed by atoms with Crippen LogP contribution in [0.1, 0.15) is 35.2 Å². The molecule has 3 rings (SSSR count). The number of hydrogen-bond acceptors (Lipinski definition) is 3. The third-order valence-corrected chi connectivity index (χ3v) is 3.60. The van der Waals surface area contributed by atoms with Crippen molar-refractivity contribution in [2.45, 2.75) is 25.0 Å². The average molecular weight is 231 g/mol. The zero-order chi connectivity index (χ0) is 12.0. The van der Waals surface area contributed by atoms with Gasteiger partial charge in [-0.05, 0) is 12.5 Å². The summed E-state index contributed by atoms with van der Waals surface area (Å²) in [5.41, 5.74) is 0.605. The summed E-state index contributed by atoms with van der Waals surface area (Å²) in [6.45, 7) is 0. The van der Waals surface area contributed by atoms with E-state index in [2.05, 4.69) is 0 Å². The number of rotatable bonds is 0. The van der Waals surface area contributed by atoms with Crippen molar-refractivity contribution in [1.29, 1.82) is 0 Å². The first kappa shape index (κ1) is 10.3. The molecule has 1 amide bonds. The number of hydrogen-bond donors (Lipinski definition) is 0. The van der Waals surface area contributed by atoms with Crippen molar-refractivity contribution in [3.63, 3.8) is 0 Å². The maximum Gasteiger partial charge on any atom is 0.308 e. The highest BCUT2D eigenvalue weighted by Gasteiger charge is 2.52. The molecule has 1 saturated heterocycles. The standard InChI is InChI=1S/C13H13NO3/c1-14-12(16)9-5-2-3-6-10(9)13(14)8-4-7-11(15)17-13/h2-3,5-6H,4,7-8H2,1H3. The predicted octanol–water partition coefficient (Wildman–Crippen LogP) is 1.65. The Morgan fingerprint density at radius 3 is 2.82 bits per heavy atom. The van der Waals surface area contributed by atoms with E-state index >= 15 is 0 Å². The summed E-state index contributed by atoms with van der Waals surface area (Å²) >= 11 is 0. The van der Waals surface area contributed by atoms with E-state index in [0.717, 1.165) is 12.0 Å². The van der Waals surface area contributed by atoms with Crippen molar-refractivity contribution < 1.29 is 14.3 Å². The number of amides is 1. The van der Waals surface area contributed by atoms with Crippen LogP contribution < -0.4 is 0 Å². The van der Waals surface area contributed by atoms with Gasteiger partial charge in [-0.25, -0.2) is 0 Å². The third kappa shape index (κ3) is 1.24. The van der Waals surface area contributed by atoms with Crippen molar-refractivity contribution in [3.8, 4) is 0 Å². The lowest BCUT2D eigenvalue weighted by atomic mass is 9.94. The fourth-order valence-electron chi connectivity index (χ4n) is 2.72. The van der Waals surface area contributed by atoms with E-state index in [4.69, 9.17) is 4.74 Å². The molecule has 1 aromatic carbocycles. The molecule has 0 bridgehead atoms. The number of esters is 1. The van der Waals surface area contributed by atoms with Gasteiger partial charge in [0, 0.05) is 31.0 Å². The molecule has 0 saturated carbocycles. The Balaban J connectivity index is 2.17. The van der Waals surface area contributed by atoms with E-state index < -0.39 is 5.72 Å². The minimum atomic E-state index is -0.858.